The first-order valence-corrected chi connectivity index (χ1v) is 6.52. The highest BCUT2D eigenvalue weighted by molar-refractivity contribution is 7.37. The fourth-order valence-corrected chi connectivity index (χ4v) is 1.85. The maximum atomic E-state index is 10.5. The van der Waals surface area contributed by atoms with E-state index in [4.69, 9.17) is 4.89 Å². The van der Waals surface area contributed by atoms with Gasteiger partial charge in [0.25, 0.3) is 0 Å². The molecule has 82 valence electrons. The van der Waals surface area contributed by atoms with E-state index in [0.717, 1.165) is 5.56 Å². The molecule has 0 radical (unpaired) electrons. The van der Waals surface area contributed by atoms with Crippen molar-refractivity contribution < 1.29 is 9.46 Å². The second kappa shape index (κ2) is 4.87. The molecule has 0 fully saturated rings. The third kappa shape index (κ3) is 4.11. The van der Waals surface area contributed by atoms with Gasteiger partial charge in [0.05, 0.1) is 0 Å². The Morgan fingerprint density at radius 3 is 2.13 bits per heavy atom. The van der Waals surface area contributed by atoms with Crippen LogP contribution in [0.15, 0.2) is 24.3 Å². The lowest BCUT2D eigenvalue weighted by atomic mass is 9.86. The Labute approximate surface area is 92.2 Å². The van der Waals surface area contributed by atoms with Gasteiger partial charge >= 0.3 is 8.03 Å². The van der Waals surface area contributed by atoms with E-state index in [2.05, 4.69) is 32.9 Å². The van der Waals surface area contributed by atoms with Crippen LogP contribution in [0.4, 0.5) is 0 Å². The van der Waals surface area contributed by atoms with Crippen LogP contribution in [-0.2, 0) is 16.4 Å². The predicted octanol–water partition coefficient (Wildman–Crippen LogP) is 3.26. The molecule has 0 aliphatic rings. The van der Waals surface area contributed by atoms with Gasteiger partial charge in [-0.25, -0.2) is 0 Å². The second-order valence-corrected chi connectivity index (χ2v) is 5.92. The van der Waals surface area contributed by atoms with Gasteiger partial charge in [0.2, 0.25) is 0 Å². The normalized spacial score (nSPS) is 12.7. The van der Waals surface area contributed by atoms with Crippen LogP contribution in [0, 0.1) is 0 Å². The maximum Gasteiger partial charge on any atom is 0.505 e. The highest BCUT2D eigenvalue weighted by Crippen LogP contribution is 2.23. The molecule has 0 saturated heterocycles. The van der Waals surface area contributed by atoms with Gasteiger partial charge in [-0.15, -0.1) is 0 Å². The Morgan fingerprint density at radius 1 is 1.20 bits per heavy atom. The predicted molar refractivity (Wildman–Crippen MR) is 63.5 cm³/mol. The third-order valence-electron chi connectivity index (χ3n) is 2.41. The average molecular weight is 225 g/mol. The Hall–Kier alpha value is -0.720. The lowest BCUT2D eigenvalue weighted by Crippen LogP contribution is -2.10. The average Bonchev–Trinajstić information content (AvgIpc) is 2.14. The van der Waals surface area contributed by atoms with E-state index in [1.165, 1.54) is 5.56 Å². The molecule has 0 amide bonds. The van der Waals surface area contributed by atoms with Crippen LogP contribution in [0.3, 0.4) is 0 Å². The summed E-state index contributed by atoms with van der Waals surface area (Å²) in [6, 6.07) is 8.28. The van der Waals surface area contributed by atoms with Gasteiger partial charge in [0.1, 0.15) is 0 Å². The van der Waals surface area contributed by atoms with Crippen molar-refractivity contribution in [3.8, 4) is 0 Å². The Kier molecular flexibility index (Phi) is 4.01. The molecule has 1 aromatic rings. The van der Waals surface area contributed by atoms with E-state index in [1.807, 2.05) is 12.1 Å². The third-order valence-corrected chi connectivity index (χ3v) is 3.02. The first-order valence-electron chi connectivity index (χ1n) is 5.12. The summed E-state index contributed by atoms with van der Waals surface area (Å²) < 4.78 is 10.5. The highest BCUT2D eigenvalue weighted by Gasteiger charge is 2.14. The van der Waals surface area contributed by atoms with Crippen LogP contribution in [0.1, 0.15) is 31.9 Å². The first kappa shape index (κ1) is 12.4. The molecule has 3 heteroatoms. The molecule has 15 heavy (non-hydrogen) atoms. The van der Waals surface area contributed by atoms with Gasteiger partial charge in [-0.1, -0.05) is 45.0 Å². The van der Waals surface area contributed by atoms with Crippen molar-refractivity contribution >= 4 is 8.03 Å². The van der Waals surface area contributed by atoms with Gasteiger partial charge in [0, 0.05) is 6.42 Å². The van der Waals surface area contributed by atoms with Gasteiger partial charge in [-0.2, -0.15) is 4.89 Å². The largest absolute Gasteiger partial charge is 0.505 e. The van der Waals surface area contributed by atoms with Crippen molar-refractivity contribution in [1.82, 2.24) is 0 Å². The van der Waals surface area contributed by atoms with Crippen molar-refractivity contribution in [3.05, 3.63) is 35.4 Å². The van der Waals surface area contributed by atoms with Crippen LogP contribution < -0.4 is 0 Å². The lowest BCUT2D eigenvalue weighted by Gasteiger charge is -2.18. The SMILES string of the molecule is CC(C)(C)c1ccc(CC[P+](=O)O)cc1. The molecular weight excluding hydrogens is 207 g/mol. The summed E-state index contributed by atoms with van der Waals surface area (Å²) in [5.41, 5.74) is 2.58. The summed E-state index contributed by atoms with van der Waals surface area (Å²) in [6.07, 6.45) is 1.03. The second-order valence-electron chi connectivity index (χ2n) is 4.77. The molecule has 0 spiro atoms. The van der Waals surface area contributed by atoms with Crippen LogP contribution in [-0.4, -0.2) is 11.1 Å². The molecule has 0 aliphatic heterocycles. The summed E-state index contributed by atoms with van der Waals surface area (Å²) in [6.45, 7) is 6.52. The topological polar surface area (TPSA) is 37.3 Å². The smallest absolute Gasteiger partial charge is 0.161 e. The lowest BCUT2D eigenvalue weighted by molar-refractivity contribution is 0.502. The minimum atomic E-state index is -2.00. The van der Waals surface area contributed by atoms with Crippen molar-refractivity contribution in [2.45, 2.75) is 32.6 Å². The molecule has 2 nitrogen and oxygen atoms in total. The van der Waals surface area contributed by atoms with E-state index < -0.39 is 8.03 Å². The van der Waals surface area contributed by atoms with E-state index >= 15 is 0 Å². The summed E-state index contributed by atoms with van der Waals surface area (Å²) >= 11 is 0. The molecule has 1 atom stereocenters. The first-order chi connectivity index (χ1) is 6.89. The number of rotatable bonds is 3. The molecule has 1 aromatic carbocycles. The molecule has 0 saturated carbocycles. The quantitative estimate of drug-likeness (QED) is 0.801. The van der Waals surface area contributed by atoms with Crippen molar-refractivity contribution in [3.63, 3.8) is 0 Å². The zero-order valence-corrected chi connectivity index (χ0v) is 10.4. The fourth-order valence-electron chi connectivity index (χ4n) is 1.40. The molecule has 1 N–H and O–H groups in total. The van der Waals surface area contributed by atoms with Crippen LogP contribution in [0.5, 0.6) is 0 Å². The monoisotopic (exact) mass is 225 g/mol. The standard InChI is InChI=1S/C12H17O2P/c1-12(2,3)11-6-4-10(5-7-11)8-9-15(13)14/h4-7H,8-9H2,1-3H3/p+1. The van der Waals surface area contributed by atoms with Crippen LogP contribution >= 0.6 is 8.03 Å². The van der Waals surface area contributed by atoms with Crippen molar-refractivity contribution in [2.24, 2.45) is 0 Å². The zero-order chi connectivity index (χ0) is 11.5. The number of hydrogen-bond donors (Lipinski definition) is 1. The van der Waals surface area contributed by atoms with Crippen LogP contribution in [0.25, 0.3) is 0 Å². The Bertz CT molecular complexity index is 336. The van der Waals surface area contributed by atoms with Crippen molar-refractivity contribution in [2.75, 3.05) is 6.16 Å². The highest BCUT2D eigenvalue weighted by atomic mass is 31.1. The van der Waals surface area contributed by atoms with E-state index in [-0.39, 0.29) is 5.41 Å². The molecule has 0 heterocycles. The molecule has 0 aromatic heterocycles. The van der Waals surface area contributed by atoms with Gasteiger partial charge in [-0.05, 0) is 21.1 Å². The minimum Gasteiger partial charge on any atom is -0.161 e. The van der Waals surface area contributed by atoms with Gasteiger partial charge < -0.3 is 0 Å². The summed E-state index contributed by atoms with van der Waals surface area (Å²) in [5.74, 6) is 0. The molecule has 1 unspecified atom stereocenters. The van der Waals surface area contributed by atoms with E-state index in [0.29, 0.717) is 12.6 Å². The molecule has 1 rings (SSSR count). The number of hydrogen-bond acceptors (Lipinski definition) is 1. The summed E-state index contributed by atoms with van der Waals surface area (Å²) in [4.78, 5) is 8.71. The Balaban J connectivity index is 2.69. The number of aryl methyl sites for hydroxylation is 1. The summed E-state index contributed by atoms with van der Waals surface area (Å²) in [5, 5.41) is 0. The van der Waals surface area contributed by atoms with E-state index in [9.17, 15) is 4.57 Å². The molecule has 0 bridgehead atoms. The van der Waals surface area contributed by atoms with Crippen molar-refractivity contribution in [1.29, 1.82) is 0 Å². The maximum absolute atomic E-state index is 10.5. The van der Waals surface area contributed by atoms with Crippen LogP contribution in [0.2, 0.25) is 0 Å². The minimum absolute atomic E-state index is 0.167. The summed E-state index contributed by atoms with van der Waals surface area (Å²) in [7, 11) is -2.00. The number of benzene rings is 1. The Morgan fingerprint density at radius 2 is 1.73 bits per heavy atom. The molecular formula is C12H18O2P+. The van der Waals surface area contributed by atoms with E-state index in [1.54, 1.807) is 0 Å². The fraction of sp³-hybridized carbons (Fsp3) is 0.500. The molecule has 0 aliphatic carbocycles. The van der Waals surface area contributed by atoms with Gasteiger partial charge in [0.15, 0.2) is 6.16 Å². The van der Waals surface area contributed by atoms with Gasteiger partial charge in [-0.3, -0.25) is 0 Å². The zero-order valence-electron chi connectivity index (χ0n) is 9.53.